The summed E-state index contributed by atoms with van der Waals surface area (Å²) in [4.78, 5) is 24.2. The number of thioether (sulfide) groups is 1. The van der Waals surface area contributed by atoms with Crippen LogP contribution in [0.4, 0.5) is 5.00 Å². The first-order valence-electron chi connectivity index (χ1n) is 8.23. The van der Waals surface area contributed by atoms with Gasteiger partial charge in [0, 0.05) is 10.6 Å². The second-order valence-corrected chi connectivity index (χ2v) is 8.22. The molecule has 0 radical (unpaired) electrons. The van der Waals surface area contributed by atoms with Crippen LogP contribution in [0.5, 0.6) is 0 Å². The summed E-state index contributed by atoms with van der Waals surface area (Å²) in [5, 5.41) is 14.1. The van der Waals surface area contributed by atoms with Crippen molar-refractivity contribution in [3.8, 4) is 11.4 Å². The number of aromatic nitrogens is 3. The zero-order valence-electron chi connectivity index (χ0n) is 15.0. The van der Waals surface area contributed by atoms with E-state index in [1.807, 2.05) is 0 Å². The Morgan fingerprint density at radius 2 is 2.10 bits per heavy atom. The molecular formula is C17H15Cl2N5O3S2. The highest BCUT2D eigenvalue weighted by Crippen LogP contribution is 2.30. The average molecular weight is 472 g/mol. The molecule has 0 aliphatic heterocycles. The van der Waals surface area contributed by atoms with Gasteiger partial charge in [0.1, 0.15) is 5.00 Å². The number of nitrogens with one attached hydrogen (secondary N) is 1. The molecule has 1 aromatic carbocycles. The smallest absolute Gasteiger partial charge is 0.341 e. The van der Waals surface area contributed by atoms with Gasteiger partial charge in [-0.05, 0) is 36.6 Å². The van der Waals surface area contributed by atoms with Crippen LogP contribution in [0.3, 0.4) is 0 Å². The van der Waals surface area contributed by atoms with Crippen molar-refractivity contribution >= 4 is 63.2 Å². The largest absolute Gasteiger partial charge is 0.462 e. The van der Waals surface area contributed by atoms with E-state index in [-0.39, 0.29) is 18.3 Å². The third kappa shape index (κ3) is 5.02. The summed E-state index contributed by atoms with van der Waals surface area (Å²) in [5.41, 5.74) is 0.886. The van der Waals surface area contributed by atoms with Gasteiger partial charge in [-0.15, -0.1) is 21.5 Å². The maximum absolute atomic E-state index is 12.3. The Morgan fingerprint density at radius 3 is 2.83 bits per heavy atom. The molecule has 0 saturated heterocycles. The van der Waals surface area contributed by atoms with E-state index >= 15 is 0 Å². The van der Waals surface area contributed by atoms with Crippen LogP contribution in [-0.4, -0.2) is 39.1 Å². The highest BCUT2D eigenvalue weighted by Gasteiger charge is 2.18. The molecule has 0 fully saturated rings. The predicted molar refractivity (Wildman–Crippen MR) is 115 cm³/mol. The third-order valence-corrected chi connectivity index (χ3v) is 5.90. The van der Waals surface area contributed by atoms with Crippen molar-refractivity contribution in [2.24, 2.45) is 0 Å². The van der Waals surface area contributed by atoms with Gasteiger partial charge in [0.15, 0.2) is 5.82 Å². The summed E-state index contributed by atoms with van der Waals surface area (Å²) in [6, 6.07) is 6.53. The molecular weight excluding hydrogens is 457 g/mol. The van der Waals surface area contributed by atoms with Gasteiger partial charge < -0.3 is 15.9 Å². The van der Waals surface area contributed by atoms with Crippen LogP contribution in [0.2, 0.25) is 10.0 Å². The van der Waals surface area contributed by atoms with Crippen LogP contribution in [0.15, 0.2) is 34.8 Å². The van der Waals surface area contributed by atoms with Crippen LogP contribution < -0.4 is 11.2 Å². The first-order chi connectivity index (χ1) is 13.9. The highest BCUT2D eigenvalue weighted by molar-refractivity contribution is 7.99. The van der Waals surface area contributed by atoms with Crippen molar-refractivity contribution in [3.63, 3.8) is 0 Å². The number of hydrogen-bond donors (Lipinski definition) is 2. The Bertz CT molecular complexity index is 1050. The van der Waals surface area contributed by atoms with Crippen LogP contribution in [0.1, 0.15) is 17.3 Å². The van der Waals surface area contributed by atoms with Crippen molar-refractivity contribution in [1.29, 1.82) is 0 Å². The minimum absolute atomic E-state index is 0.0177. The Hall–Kier alpha value is -2.27. The number of nitrogens with two attached hydrogens (primary N) is 1. The summed E-state index contributed by atoms with van der Waals surface area (Å²) in [6.07, 6.45) is 0. The zero-order valence-corrected chi connectivity index (χ0v) is 18.2. The normalized spacial score (nSPS) is 10.7. The van der Waals surface area contributed by atoms with Gasteiger partial charge in [0.05, 0.1) is 22.9 Å². The highest BCUT2D eigenvalue weighted by atomic mass is 35.5. The zero-order chi connectivity index (χ0) is 21.0. The van der Waals surface area contributed by atoms with E-state index in [4.69, 9.17) is 33.8 Å². The van der Waals surface area contributed by atoms with Crippen molar-refractivity contribution in [3.05, 3.63) is 45.3 Å². The van der Waals surface area contributed by atoms with Gasteiger partial charge in [-0.2, -0.15) is 0 Å². The monoisotopic (exact) mass is 471 g/mol. The fourth-order valence-corrected chi connectivity index (χ4v) is 4.24. The fraction of sp³-hybridized carbons (Fsp3) is 0.176. The van der Waals surface area contributed by atoms with Gasteiger partial charge >= 0.3 is 5.97 Å². The van der Waals surface area contributed by atoms with E-state index < -0.39 is 5.97 Å². The molecule has 29 heavy (non-hydrogen) atoms. The topological polar surface area (TPSA) is 112 Å². The number of esters is 1. The molecule has 2 heterocycles. The van der Waals surface area contributed by atoms with E-state index in [0.29, 0.717) is 37.2 Å². The number of nitrogens with zero attached hydrogens (tertiary/aromatic N) is 3. The second kappa shape index (κ2) is 9.49. The van der Waals surface area contributed by atoms with Crippen LogP contribution in [-0.2, 0) is 9.53 Å². The number of anilines is 1. The van der Waals surface area contributed by atoms with E-state index in [9.17, 15) is 9.59 Å². The van der Waals surface area contributed by atoms with E-state index in [1.165, 1.54) is 16.0 Å². The van der Waals surface area contributed by atoms with Gasteiger partial charge in [-0.3, -0.25) is 4.79 Å². The molecule has 0 spiro atoms. The lowest BCUT2D eigenvalue weighted by Crippen LogP contribution is -2.17. The molecule has 0 bridgehead atoms. The molecule has 0 aliphatic carbocycles. The van der Waals surface area contributed by atoms with Crippen molar-refractivity contribution in [2.75, 3.05) is 23.5 Å². The SMILES string of the molecule is CCOC(=O)c1ccsc1NC(=O)CSc1nnc(-c2ccc(Cl)cc2Cl)n1N. The van der Waals surface area contributed by atoms with Gasteiger partial charge in [0.2, 0.25) is 11.1 Å². The number of rotatable bonds is 7. The molecule has 0 atom stereocenters. The minimum Gasteiger partial charge on any atom is -0.462 e. The Kier molecular flexibility index (Phi) is 7.01. The molecule has 3 rings (SSSR count). The van der Waals surface area contributed by atoms with Crippen LogP contribution in [0.25, 0.3) is 11.4 Å². The fourth-order valence-electron chi connectivity index (χ4n) is 2.30. The summed E-state index contributed by atoms with van der Waals surface area (Å²) in [6.45, 7) is 1.97. The quantitative estimate of drug-likeness (QED) is 0.304. The number of nitrogen functional groups attached to an aromatic ring is 1. The second-order valence-electron chi connectivity index (χ2n) is 5.52. The molecule has 0 saturated carbocycles. The average Bonchev–Trinajstić information content (AvgIpc) is 3.27. The number of carbonyl (C=O) groups excluding carboxylic acids is 2. The maximum Gasteiger partial charge on any atom is 0.341 e. The third-order valence-electron chi connectivity index (χ3n) is 3.58. The predicted octanol–water partition coefficient (Wildman–Crippen LogP) is 3.93. The molecule has 12 heteroatoms. The van der Waals surface area contributed by atoms with E-state index in [0.717, 1.165) is 11.8 Å². The van der Waals surface area contributed by atoms with Crippen molar-refractivity contribution in [2.45, 2.75) is 12.1 Å². The number of amides is 1. The summed E-state index contributed by atoms with van der Waals surface area (Å²) in [7, 11) is 0. The maximum atomic E-state index is 12.3. The molecule has 152 valence electrons. The lowest BCUT2D eigenvalue weighted by molar-refractivity contribution is -0.113. The summed E-state index contributed by atoms with van der Waals surface area (Å²) in [5.74, 6) is 5.61. The lowest BCUT2D eigenvalue weighted by Gasteiger charge is -2.07. The lowest BCUT2D eigenvalue weighted by atomic mass is 10.2. The van der Waals surface area contributed by atoms with E-state index in [2.05, 4.69) is 15.5 Å². The molecule has 2 aromatic heterocycles. The Morgan fingerprint density at radius 1 is 1.31 bits per heavy atom. The standard InChI is InChI=1S/C17H15Cl2N5O3S2/c1-2-27-16(26)11-5-6-28-15(11)21-13(25)8-29-17-23-22-14(24(17)20)10-4-3-9(18)7-12(10)19/h3-7H,2,8,20H2,1H3,(H,21,25). The van der Waals surface area contributed by atoms with Crippen LogP contribution >= 0.6 is 46.3 Å². The number of benzene rings is 1. The minimum atomic E-state index is -0.483. The first kappa shape index (κ1) is 21.4. The van der Waals surface area contributed by atoms with Crippen LogP contribution in [0, 0.1) is 0 Å². The van der Waals surface area contributed by atoms with Gasteiger partial charge in [-0.25, -0.2) is 9.47 Å². The number of ether oxygens (including phenoxy) is 1. The Labute approximate surface area is 184 Å². The summed E-state index contributed by atoms with van der Waals surface area (Å²) >= 11 is 14.4. The van der Waals surface area contributed by atoms with E-state index in [1.54, 1.807) is 36.6 Å². The Balaban J connectivity index is 1.65. The van der Waals surface area contributed by atoms with Gasteiger partial charge in [0.25, 0.3) is 0 Å². The molecule has 3 N–H and O–H groups in total. The number of hydrogen-bond acceptors (Lipinski definition) is 8. The number of thiophene rings is 1. The number of halogens is 2. The molecule has 0 aliphatic rings. The first-order valence-corrected chi connectivity index (χ1v) is 10.9. The molecule has 0 unspecified atom stereocenters. The van der Waals surface area contributed by atoms with Gasteiger partial charge in [-0.1, -0.05) is 35.0 Å². The molecule has 3 aromatic rings. The number of carbonyl (C=O) groups is 2. The molecule has 8 nitrogen and oxygen atoms in total. The molecule has 1 amide bonds. The summed E-state index contributed by atoms with van der Waals surface area (Å²) < 4.78 is 6.22. The van der Waals surface area contributed by atoms with Crippen molar-refractivity contribution in [1.82, 2.24) is 14.9 Å². The van der Waals surface area contributed by atoms with Crippen molar-refractivity contribution < 1.29 is 14.3 Å².